The van der Waals surface area contributed by atoms with Gasteiger partial charge in [0.2, 0.25) is 0 Å². The third-order valence-corrected chi connectivity index (χ3v) is 3.75. The Balaban J connectivity index is 0.00000162. The van der Waals surface area contributed by atoms with E-state index in [9.17, 15) is 0 Å². The minimum Gasteiger partial charge on any atom is -0.318 e. The van der Waals surface area contributed by atoms with Crippen LogP contribution < -0.4 is 5.32 Å². The smallest absolute Gasteiger partial charge is 0.0107 e. The maximum atomic E-state index is 3.22. The van der Waals surface area contributed by atoms with Crippen LogP contribution in [-0.4, -0.2) is 38.1 Å². The molecule has 1 heterocycles. The summed E-state index contributed by atoms with van der Waals surface area (Å²) in [7, 11) is 2.03. The third-order valence-electron chi connectivity index (χ3n) is 3.75. The first-order chi connectivity index (χ1) is 8.38. The molecule has 0 amide bonds. The van der Waals surface area contributed by atoms with Gasteiger partial charge in [-0.2, -0.15) is 0 Å². The lowest BCUT2D eigenvalue weighted by molar-refractivity contribution is 0.185. The molecule has 1 aromatic rings. The molecule has 102 valence electrons. The highest BCUT2D eigenvalue weighted by Gasteiger charge is 2.18. The minimum absolute atomic E-state index is 0. The van der Waals surface area contributed by atoms with Crippen molar-refractivity contribution in [2.24, 2.45) is 5.92 Å². The van der Waals surface area contributed by atoms with E-state index in [1.54, 1.807) is 0 Å². The fourth-order valence-corrected chi connectivity index (χ4v) is 2.63. The largest absolute Gasteiger partial charge is 0.318 e. The SMILES string of the molecule is CNCCN1CCC(Cc2ccccc2)CC1.Cl. The molecule has 1 fully saturated rings. The Bertz CT molecular complexity index is 308. The van der Waals surface area contributed by atoms with Crippen molar-refractivity contribution in [3.63, 3.8) is 0 Å². The van der Waals surface area contributed by atoms with E-state index in [1.807, 2.05) is 7.05 Å². The Morgan fingerprint density at radius 2 is 1.83 bits per heavy atom. The van der Waals surface area contributed by atoms with E-state index in [2.05, 4.69) is 40.5 Å². The highest BCUT2D eigenvalue weighted by molar-refractivity contribution is 5.85. The van der Waals surface area contributed by atoms with Crippen LogP contribution in [0.3, 0.4) is 0 Å². The number of likely N-dealkylation sites (N-methyl/N-ethyl adjacent to an activating group) is 1. The van der Waals surface area contributed by atoms with Gasteiger partial charge in [0, 0.05) is 13.1 Å². The van der Waals surface area contributed by atoms with Crippen LogP contribution in [0.25, 0.3) is 0 Å². The average Bonchev–Trinajstić information content (AvgIpc) is 2.39. The molecule has 0 unspecified atom stereocenters. The monoisotopic (exact) mass is 268 g/mol. The molecule has 2 rings (SSSR count). The molecule has 3 heteroatoms. The predicted octanol–water partition coefficient (Wildman–Crippen LogP) is 2.58. The molecule has 0 atom stereocenters. The maximum Gasteiger partial charge on any atom is 0.0107 e. The van der Waals surface area contributed by atoms with E-state index < -0.39 is 0 Å². The Morgan fingerprint density at radius 1 is 1.17 bits per heavy atom. The van der Waals surface area contributed by atoms with Crippen LogP contribution in [0.5, 0.6) is 0 Å². The molecular weight excluding hydrogens is 244 g/mol. The highest BCUT2D eigenvalue weighted by Crippen LogP contribution is 2.21. The van der Waals surface area contributed by atoms with Crippen molar-refractivity contribution in [1.82, 2.24) is 10.2 Å². The van der Waals surface area contributed by atoms with Gasteiger partial charge in [-0.1, -0.05) is 30.3 Å². The van der Waals surface area contributed by atoms with Crippen LogP contribution >= 0.6 is 12.4 Å². The molecule has 1 aromatic carbocycles. The molecule has 1 aliphatic rings. The van der Waals surface area contributed by atoms with E-state index >= 15 is 0 Å². The highest BCUT2D eigenvalue weighted by atomic mass is 35.5. The standard InChI is InChI=1S/C15H24N2.ClH/c1-16-9-12-17-10-7-15(8-11-17)13-14-5-3-2-4-6-14;/h2-6,15-16H,7-13H2,1H3;1H. The number of likely N-dealkylation sites (tertiary alicyclic amines) is 1. The summed E-state index contributed by atoms with van der Waals surface area (Å²) in [6.45, 7) is 4.87. The van der Waals surface area contributed by atoms with Gasteiger partial charge < -0.3 is 10.2 Å². The normalized spacial score (nSPS) is 17.4. The number of benzene rings is 1. The zero-order valence-corrected chi connectivity index (χ0v) is 12.1. The third kappa shape index (κ3) is 4.97. The van der Waals surface area contributed by atoms with Crippen molar-refractivity contribution >= 4 is 12.4 Å². The lowest BCUT2D eigenvalue weighted by atomic mass is 9.90. The van der Waals surface area contributed by atoms with Gasteiger partial charge in [-0.25, -0.2) is 0 Å². The fourth-order valence-electron chi connectivity index (χ4n) is 2.63. The summed E-state index contributed by atoms with van der Waals surface area (Å²) < 4.78 is 0. The van der Waals surface area contributed by atoms with Crippen molar-refractivity contribution < 1.29 is 0 Å². The average molecular weight is 269 g/mol. The molecule has 1 aliphatic heterocycles. The first-order valence-electron chi connectivity index (χ1n) is 6.79. The second-order valence-electron chi connectivity index (χ2n) is 5.08. The van der Waals surface area contributed by atoms with Crippen molar-refractivity contribution in [1.29, 1.82) is 0 Å². The minimum atomic E-state index is 0. The summed E-state index contributed by atoms with van der Waals surface area (Å²) in [5.74, 6) is 0.892. The van der Waals surface area contributed by atoms with Crippen LogP contribution in [0.15, 0.2) is 30.3 Å². The topological polar surface area (TPSA) is 15.3 Å². The molecule has 1 saturated heterocycles. The number of nitrogens with zero attached hydrogens (tertiary/aromatic N) is 1. The summed E-state index contributed by atoms with van der Waals surface area (Å²) in [4.78, 5) is 2.58. The zero-order chi connectivity index (χ0) is 11.9. The number of rotatable bonds is 5. The van der Waals surface area contributed by atoms with Gasteiger partial charge in [-0.3, -0.25) is 0 Å². The molecule has 0 saturated carbocycles. The van der Waals surface area contributed by atoms with Crippen LogP contribution in [0.2, 0.25) is 0 Å². The summed E-state index contributed by atoms with van der Waals surface area (Å²) in [6, 6.07) is 10.9. The number of halogens is 1. The predicted molar refractivity (Wildman–Crippen MR) is 80.5 cm³/mol. The molecule has 1 N–H and O–H groups in total. The number of piperidine rings is 1. The molecule has 0 bridgehead atoms. The van der Waals surface area contributed by atoms with Gasteiger partial charge in [0.15, 0.2) is 0 Å². The van der Waals surface area contributed by atoms with E-state index in [0.29, 0.717) is 0 Å². The van der Waals surface area contributed by atoms with Crippen molar-refractivity contribution in [3.05, 3.63) is 35.9 Å². The second kappa shape index (κ2) is 8.52. The van der Waals surface area contributed by atoms with Gasteiger partial charge in [0.05, 0.1) is 0 Å². The van der Waals surface area contributed by atoms with Gasteiger partial charge in [0.25, 0.3) is 0 Å². The summed E-state index contributed by atoms with van der Waals surface area (Å²) in [6.07, 6.45) is 3.98. The summed E-state index contributed by atoms with van der Waals surface area (Å²) >= 11 is 0. The number of nitrogens with one attached hydrogen (secondary N) is 1. The molecule has 0 aliphatic carbocycles. The molecule has 18 heavy (non-hydrogen) atoms. The quantitative estimate of drug-likeness (QED) is 0.883. The molecule has 0 radical (unpaired) electrons. The first kappa shape index (κ1) is 15.5. The Hall–Kier alpha value is -0.570. The molecular formula is C15H25ClN2. The Kier molecular flexibility index (Phi) is 7.33. The Labute approximate surface area is 117 Å². The van der Waals surface area contributed by atoms with Crippen molar-refractivity contribution in [2.75, 3.05) is 33.2 Å². The zero-order valence-electron chi connectivity index (χ0n) is 11.3. The van der Waals surface area contributed by atoms with E-state index in [4.69, 9.17) is 0 Å². The van der Waals surface area contributed by atoms with E-state index in [-0.39, 0.29) is 12.4 Å². The second-order valence-corrected chi connectivity index (χ2v) is 5.08. The van der Waals surface area contributed by atoms with E-state index in [1.165, 1.54) is 44.5 Å². The summed E-state index contributed by atoms with van der Waals surface area (Å²) in [5.41, 5.74) is 1.50. The molecule has 0 aromatic heterocycles. The van der Waals surface area contributed by atoms with Gasteiger partial charge in [0.1, 0.15) is 0 Å². The summed E-state index contributed by atoms with van der Waals surface area (Å²) in [5, 5.41) is 3.22. The van der Waals surface area contributed by atoms with Crippen LogP contribution in [0.4, 0.5) is 0 Å². The first-order valence-corrected chi connectivity index (χ1v) is 6.79. The number of hydrogen-bond donors (Lipinski definition) is 1. The van der Waals surface area contributed by atoms with Gasteiger partial charge >= 0.3 is 0 Å². The van der Waals surface area contributed by atoms with Gasteiger partial charge in [-0.15, -0.1) is 12.4 Å². The molecule has 2 nitrogen and oxygen atoms in total. The van der Waals surface area contributed by atoms with Crippen LogP contribution in [0, 0.1) is 5.92 Å². The van der Waals surface area contributed by atoms with Crippen LogP contribution in [-0.2, 0) is 6.42 Å². The fraction of sp³-hybridized carbons (Fsp3) is 0.600. The van der Waals surface area contributed by atoms with Crippen molar-refractivity contribution in [3.8, 4) is 0 Å². The Morgan fingerprint density at radius 3 is 2.44 bits per heavy atom. The lowest BCUT2D eigenvalue weighted by Crippen LogP contribution is -2.38. The molecule has 0 spiro atoms. The van der Waals surface area contributed by atoms with Crippen molar-refractivity contribution in [2.45, 2.75) is 19.3 Å². The van der Waals surface area contributed by atoms with E-state index in [0.717, 1.165) is 12.5 Å². The lowest BCUT2D eigenvalue weighted by Gasteiger charge is -2.31. The van der Waals surface area contributed by atoms with Crippen LogP contribution in [0.1, 0.15) is 18.4 Å². The maximum absolute atomic E-state index is 3.22. The number of hydrogen-bond acceptors (Lipinski definition) is 2. The van der Waals surface area contributed by atoms with Gasteiger partial charge in [-0.05, 0) is 50.9 Å².